The predicted octanol–water partition coefficient (Wildman–Crippen LogP) is 1.80. The van der Waals surface area contributed by atoms with E-state index in [4.69, 9.17) is 0 Å². The summed E-state index contributed by atoms with van der Waals surface area (Å²) in [6.07, 6.45) is 0. The summed E-state index contributed by atoms with van der Waals surface area (Å²) >= 11 is 0. The largest absolute Gasteiger partial charge is 0.363 e. The molecule has 2 rings (SSSR count). The monoisotopic (exact) mass is 295 g/mol. The molecule has 0 bridgehead atoms. The Hall–Kier alpha value is -1.40. The quantitative estimate of drug-likeness (QED) is 0.874. The van der Waals surface area contributed by atoms with Crippen LogP contribution < -0.4 is 10.0 Å². The minimum atomic E-state index is -3.58. The van der Waals surface area contributed by atoms with Gasteiger partial charge in [0.2, 0.25) is 10.0 Å². The van der Waals surface area contributed by atoms with Gasteiger partial charge in [-0.05, 0) is 39.3 Å². The molecule has 2 N–H and O–H groups in total. The molecule has 0 fully saturated rings. The molecule has 1 heterocycles. The highest BCUT2D eigenvalue weighted by atomic mass is 32.2. The molecule has 1 unspecified atom stereocenters. The molecule has 0 amide bonds. The van der Waals surface area contributed by atoms with Gasteiger partial charge < -0.3 is 5.32 Å². The summed E-state index contributed by atoms with van der Waals surface area (Å²) in [5, 5.41) is 3.20. The van der Waals surface area contributed by atoms with E-state index in [0.717, 1.165) is 5.56 Å². The van der Waals surface area contributed by atoms with E-state index < -0.39 is 15.6 Å². The molecule has 6 heteroatoms. The number of amidine groups is 1. The van der Waals surface area contributed by atoms with E-state index in [1.807, 2.05) is 33.8 Å². The van der Waals surface area contributed by atoms with Gasteiger partial charge in [-0.25, -0.2) is 13.1 Å². The summed E-state index contributed by atoms with van der Waals surface area (Å²) in [7, 11) is -1.92. The van der Waals surface area contributed by atoms with E-state index in [-0.39, 0.29) is 10.9 Å². The zero-order valence-corrected chi connectivity index (χ0v) is 13.3. The van der Waals surface area contributed by atoms with Crippen LogP contribution in [0, 0.1) is 0 Å². The van der Waals surface area contributed by atoms with Crippen LogP contribution in [-0.4, -0.2) is 26.8 Å². The minimum absolute atomic E-state index is 0.0634. The van der Waals surface area contributed by atoms with Gasteiger partial charge in [-0.2, -0.15) is 0 Å². The molecule has 1 aromatic carbocycles. The number of hydrogen-bond acceptors (Lipinski definition) is 3. The molecule has 0 saturated carbocycles. The summed E-state index contributed by atoms with van der Waals surface area (Å²) in [6.45, 7) is 7.46. The second-order valence-corrected chi connectivity index (χ2v) is 7.66. The van der Waals surface area contributed by atoms with Crippen molar-refractivity contribution in [3.05, 3.63) is 29.3 Å². The third-order valence-electron chi connectivity index (χ3n) is 3.07. The molecule has 110 valence electrons. The van der Waals surface area contributed by atoms with E-state index in [1.165, 1.54) is 0 Å². The van der Waals surface area contributed by atoms with Gasteiger partial charge in [-0.3, -0.25) is 4.99 Å². The normalized spacial score (nSPS) is 20.9. The minimum Gasteiger partial charge on any atom is -0.363 e. The van der Waals surface area contributed by atoms with E-state index in [9.17, 15) is 8.42 Å². The molecule has 20 heavy (non-hydrogen) atoms. The highest BCUT2D eigenvalue weighted by Gasteiger charge is 2.32. The topological polar surface area (TPSA) is 70.6 Å². The Balaban J connectivity index is 2.61. The van der Waals surface area contributed by atoms with Gasteiger partial charge in [0.15, 0.2) is 0 Å². The molecule has 1 atom stereocenters. The first kappa shape index (κ1) is 15.0. The summed E-state index contributed by atoms with van der Waals surface area (Å²) in [5.74, 6) is 0.627. The fraction of sp³-hybridized carbons (Fsp3) is 0.500. The van der Waals surface area contributed by atoms with Crippen molar-refractivity contribution < 1.29 is 8.42 Å². The van der Waals surface area contributed by atoms with Crippen LogP contribution in [0.3, 0.4) is 0 Å². The number of hydrogen-bond donors (Lipinski definition) is 2. The van der Waals surface area contributed by atoms with Crippen LogP contribution in [0.5, 0.6) is 0 Å². The first-order valence-corrected chi connectivity index (χ1v) is 8.04. The molecule has 1 aliphatic heterocycles. The third kappa shape index (κ3) is 2.71. The maximum atomic E-state index is 12.6. The van der Waals surface area contributed by atoms with Gasteiger partial charge in [0.1, 0.15) is 5.84 Å². The highest BCUT2D eigenvalue weighted by Crippen LogP contribution is 2.30. The van der Waals surface area contributed by atoms with E-state index in [0.29, 0.717) is 11.4 Å². The van der Waals surface area contributed by atoms with Crippen LogP contribution in [0.1, 0.15) is 44.9 Å². The summed E-state index contributed by atoms with van der Waals surface area (Å²) in [5.41, 5.74) is 1.12. The Morgan fingerprint density at radius 1 is 1.30 bits per heavy atom. The van der Waals surface area contributed by atoms with Crippen LogP contribution in [0.15, 0.2) is 28.1 Å². The summed E-state index contributed by atoms with van der Waals surface area (Å²) < 4.78 is 27.9. The second kappa shape index (κ2) is 4.86. The molecule has 0 aliphatic carbocycles. The first-order chi connectivity index (χ1) is 9.15. The van der Waals surface area contributed by atoms with Crippen LogP contribution in [0.2, 0.25) is 0 Å². The van der Waals surface area contributed by atoms with Crippen molar-refractivity contribution in [2.75, 3.05) is 7.05 Å². The second-order valence-electron chi connectivity index (χ2n) is 6.01. The Kier molecular flexibility index (Phi) is 3.64. The number of nitrogens with zero attached hydrogens (tertiary/aromatic N) is 1. The van der Waals surface area contributed by atoms with Crippen molar-refractivity contribution in [3.8, 4) is 0 Å². The van der Waals surface area contributed by atoms with Crippen molar-refractivity contribution in [3.63, 3.8) is 0 Å². The number of benzene rings is 1. The predicted molar refractivity (Wildman–Crippen MR) is 80.5 cm³/mol. The molecular formula is C14H21N3O2S. The Labute approximate surface area is 120 Å². The van der Waals surface area contributed by atoms with Crippen LogP contribution in [-0.2, 0) is 10.0 Å². The van der Waals surface area contributed by atoms with Gasteiger partial charge in [0.05, 0.1) is 10.9 Å². The van der Waals surface area contributed by atoms with Crippen molar-refractivity contribution in [1.82, 2.24) is 10.0 Å². The lowest BCUT2D eigenvalue weighted by atomic mass is 10.1. The lowest BCUT2D eigenvalue weighted by Gasteiger charge is -2.21. The smallest absolute Gasteiger partial charge is 0.241 e. The van der Waals surface area contributed by atoms with Crippen LogP contribution in [0.4, 0.5) is 0 Å². The Bertz CT molecular complexity index is 657. The van der Waals surface area contributed by atoms with Gasteiger partial charge in [-0.15, -0.1) is 0 Å². The molecule has 5 nitrogen and oxygen atoms in total. The fourth-order valence-electron chi connectivity index (χ4n) is 2.38. The molecule has 0 radical (unpaired) electrons. The van der Waals surface area contributed by atoms with Crippen molar-refractivity contribution in [2.24, 2.45) is 4.99 Å². The number of aliphatic imine (C=N–C) groups is 1. The molecule has 1 aromatic rings. The molecule has 1 aliphatic rings. The summed E-state index contributed by atoms with van der Waals surface area (Å²) in [4.78, 5) is 4.44. The number of nitrogens with one attached hydrogen (secondary N) is 2. The van der Waals surface area contributed by atoms with Gasteiger partial charge in [0, 0.05) is 18.2 Å². The van der Waals surface area contributed by atoms with Crippen LogP contribution in [0.25, 0.3) is 0 Å². The lowest BCUT2D eigenvalue weighted by molar-refractivity contribution is 0.491. The van der Waals surface area contributed by atoms with Gasteiger partial charge in [0.25, 0.3) is 0 Å². The van der Waals surface area contributed by atoms with Crippen molar-refractivity contribution in [1.29, 1.82) is 0 Å². The maximum absolute atomic E-state index is 12.6. The van der Waals surface area contributed by atoms with Gasteiger partial charge in [-0.1, -0.05) is 12.1 Å². The van der Waals surface area contributed by atoms with Gasteiger partial charge >= 0.3 is 0 Å². The molecule has 0 saturated heterocycles. The zero-order valence-electron chi connectivity index (χ0n) is 12.5. The highest BCUT2D eigenvalue weighted by molar-refractivity contribution is 7.89. The third-order valence-corrected chi connectivity index (χ3v) is 4.87. The molecule has 0 spiro atoms. The van der Waals surface area contributed by atoms with E-state index in [2.05, 4.69) is 15.0 Å². The van der Waals surface area contributed by atoms with E-state index >= 15 is 0 Å². The fourth-order valence-corrected chi connectivity index (χ4v) is 4.03. The lowest BCUT2D eigenvalue weighted by Crippen LogP contribution is -2.41. The number of rotatable bonds is 2. The number of fused-ring (bicyclic) bond motifs is 1. The standard InChI is InChI=1S/C14H21N3O2S/c1-9-10-7-6-8-11(12(10)13(15-5)16-9)20(18,19)17-14(2,3)4/h6-9,17H,1-5H3,(H,15,16). The maximum Gasteiger partial charge on any atom is 0.241 e. The average Bonchev–Trinajstić information content (AvgIpc) is 2.63. The molecular weight excluding hydrogens is 274 g/mol. The zero-order chi connectivity index (χ0) is 15.1. The average molecular weight is 295 g/mol. The van der Waals surface area contributed by atoms with E-state index in [1.54, 1.807) is 19.2 Å². The Morgan fingerprint density at radius 3 is 2.50 bits per heavy atom. The Morgan fingerprint density at radius 2 is 1.95 bits per heavy atom. The SMILES string of the molecule is CN=C1NC(C)c2cccc(S(=O)(=O)NC(C)(C)C)c21. The summed E-state index contributed by atoms with van der Waals surface area (Å²) in [6, 6.07) is 5.39. The molecule has 0 aromatic heterocycles. The number of sulfonamides is 1. The van der Waals surface area contributed by atoms with Crippen molar-refractivity contribution >= 4 is 15.9 Å². The van der Waals surface area contributed by atoms with Crippen LogP contribution >= 0.6 is 0 Å². The van der Waals surface area contributed by atoms with Crippen molar-refractivity contribution in [2.45, 2.75) is 44.2 Å². The first-order valence-electron chi connectivity index (χ1n) is 6.56.